The Balaban J connectivity index is 2.21. The molecule has 90 valence electrons. The molecule has 0 bridgehead atoms. The van der Waals surface area contributed by atoms with Crippen LogP contribution in [0.4, 0.5) is 20.4 Å². The average molecular weight is 232 g/mol. The lowest BCUT2D eigenvalue weighted by molar-refractivity contribution is 0.0215. The van der Waals surface area contributed by atoms with Crippen molar-refractivity contribution < 1.29 is 13.5 Å². The third kappa shape index (κ3) is 4.83. The molecule has 1 aromatic heterocycles. The number of halogens is 2. The second kappa shape index (κ2) is 6.89. The van der Waals surface area contributed by atoms with E-state index in [0.717, 1.165) is 0 Å². The standard InChI is InChI=1S/C9H14F2N4O/c1-12-8-4-9(15-6-14-8)13-2-3-16-5-7(10)11/h4,6-7H,2-3,5H2,1H3,(H2,12,13,14,15). The topological polar surface area (TPSA) is 59.1 Å². The predicted octanol–water partition coefficient (Wildman–Crippen LogP) is 1.21. The Morgan fingerprint density at radius 3 is 2.81 bits per heavy atom. The van der Waals surface area contributed by atoms with Gasteiger partial charge in [-0.2, -0.15) is 0 Å². The summed E-state index contributed by atoms with van der Waals surface area (Å²) in [7, 11) is 1.75. The number of alkyl halides is 2. The Labute approximate surface area is 92.2 Å². The van der Waals surface area contributed by atoms with Crippen molar-refractivity contribution >= 4 is 11.6 Å². The van der Waals surface area contributed by atoms with Gasteiger partial charge in [0.05, 0.1) is 6.61 Å². The molecule has 5 nitrogen and oxygen atoms in total. The smallest absolute Gasteiger partial charge is 0.261 e. The van der Waals surface area contributed by atoms with Gasteiger partial charge >= 0.3 is 0 Å². The van der Waals surface area contributed by atoms with Crippen LogP contribution in [0.25, 0.3) is 0 Å². The Morgan fingerprint density at radius 2 is 2.12 bits per heavy atom. The van der Waals surface area contributed by atoms with Crippen molar-refractivity contribution in [3.63, 3.8) is 0 Å². The number of nitrogens with one attached hydrogen (secondary N) is 2. The minimum atomic E-state index is -2.42. The maximum absolute atomic E-state index is 11.7. The van der Waals surface area contributed by atoms with Gasteiger partial charge in [0.2, 0.25) is 0 Å². The fourth-order valence-corrected chi connectivity index (χ4v) is 1.01. The number of ether oxygens (including phenoxy) is 1. The number of rotatable bonds is 7. The first-order valence-electron chi connectivity index (χ1n) is 4.82. The summed E-state index contributed by atoms with van der Waals surface area (Å²) in [5, 5.41) is 5.79. The van der Waals surface area contributed by atoms with Gasteiger partial charge in [-0.05, 0) is 0 Å². The van der Waals surface area contributed by atoms with E-state index in [0.29, 0.717) is 18.2 Å². The second-order valence-electron chi connectivity index (χ2n) is 2.93. The molecule has 0 amide bonds. The first kappa shape index (κ1) is 12.6. The van der Waals surface area contributed by atoms with Crippen LogP contribution in [0.2, 0.25) is 0 Å². The molecule has 16 heavy (non-hydrogen) atoms. The lowest BCUT2D eigenvalue weighted by Gasteiger charge is -2.07. The third-order valence-corrected chi connectivity index (χ3v) is 1.72. The zero-order valence-electron chi connectivity index (χ0n) is 8.91. The molecule has 0 aliphatic heterocycles. The van der Waals surface area contributed by atoms with E-state index in [1.165, 1.54) is 6.33 Å². The normalized spacial score (nSPS) is 10.5. The van der Waals surface area contributed by atoms with Crippen LogP contribution in [0, 0.1) is 0 Å². The Morgan fingerprint density at radius 1 is 1.38 bits per heavy atom. The predicted molar refractivity (Wildman–Crippen MR) is 56.9 cm³/mol. The number of aromatic nitrogens is 2. The summed E-state index contributed by atoms with van der Waals surface area (Å²) >= 11 is 0. The summed E-state index contributed by atoms with van der Waals surface area (Å²) in [5.74, 6) is 1.31. The molecule has 0 atom stereocenters. The summed E-state index contributed by atoms with van der Waals surface area (Å²) in [5.41, 5.74) is 0. The Hall–Kier alpha value is -1.50. The lowest BCUT2D eigenvalue weighted by atomic mass is 10.5. The van der Waals surface area contributed by atoms with Crippen molar-refractivity contribution in [1.82, 2.24) is 9.97 Å². The fraction of sp³-hybridized carbons (Fsp3) is 0.556. The van der Waals surface area contributed by atoms with Crippen LogP contribution in [0.3, 0.4) is 0 Å². The molecule has 0 fully saturated rings. The van der Waals surface area contributed by atoms with Crippen molar-refractivity contribution in [2.45, 2.75) is 6.43 Å². The van der Waals surface area contributed by atoms with E-state index in [-0.39, 0.29) is 6.61 Å². The molecule has 0 aliphatic carbocycles. The van der Waals surface area contributed by atoms with Crippen LogP contribution in [-0.2, 0) is 4.74 Å². The van der Waals surface area contributed by atoms with E-state index < -0.39 is 13.0 Å². The third-order valence-electron chi connectivity index (χ3n) is 1.72. The Bertz CT molecular complexity index is 311. The molecule has 1 aromatic rings. The molecule has 2 N–H and O–H groups in total. The molecule has 0 spiro atoms. The quantitative estimate of drug-likeness (QED) is 0.692. The number of nitrogens with zero attached hydrogens (tertiary/aromatic N) is 2. The monoisotopic (exact) mass is 232 g/mol. The molecule has 0 saturated carbocycles. The molecule has 0 saturated heterocycles. The molecule has 0 radical (unpaired) electrons. The van der Waals surface area contributed by atoms with Crippen LogP contribution >= 0.6 is 0 Å². The van der Waals surface area contributed by atoms with Crippen molar-refractivity contribution in [3.8, 4) is 0 Å². The largest absolute Gasteiger partial charge is 0.374 e. The number of anilines is 2. The second-order valence-corrected chi connectivity index (χ2v) is 2.93. The summed E-state index contributed by atoms with van der Waals surface area (Å²) in [6.07, 6.45) is -1.01. The number of hydrogen-bond acceptors (Lipinski definition) is 5. The molecule has 1 heterocycles. The molecule has 7 heteroatoms. The summed E-state index contributed by atoms with van der Waals surface area (Å²) in [6.45, 7) is 0.101. The zero-order chi connectivity index (χ0) is 11.8. The maximum Gasteiger partial charge on any atom is 0.261 e. The highest BCUT2D eigenvalue weighted by Crippen LogP contribution is 2.06. The van der Waals surface area contributed by atoms with Crippen molar-refractivity contribution in [3.05, 3.63) is 12.4 Å². The van der Waals surface area contributed by atoms with Gasteiger partial charge in [-0.1, -0.05) is 0 Å². The molecule has 0 unspecified atom stereocenters. The van der Waals surface area contributed by atoms with Gasteiger partial charge < -0.3 is 15.4 Å². The van der Waals surface area contributed by atoms with Crippen LogP contribution in [0.5, 0.6) is 0 Å². The van der Waals surface area contributed by atoms with E-state index in [2.05, 4.69) is 20.6 Å². The van der Waals surface area contributed by atoms with Crippen molar-refractivity contribution in [1.29, 1.82) is 0 Å². The molecular formula is C9H14F2N4O. The van der Waals surface area contributed by atoms with Gasteiger partial charge in [-0.25, -0.2) is 18.7 Å². The molecule has 0 aliphatic rings. The Kier molecular flexibility index (Phi) is 5.41. The van der Waals surface area contributed by atoms with E-state index in [4.69, 9.17) is 4.74 Å². The van der Waals surface area contributed by atoms with Crippen LogP contribution < -0.4 is 10.6 Å². The van der Waals surface area contributed by atoms with E-state index in [9.17, 15) is 8.78 Å². The lowest BCUT2D eigenvalue weighted by Crippen LogP contribution is -2.13. The fourth-order valence-electron chi connectivity index (χ4n) is 1.01. The first-order chi connectivity index (χ1) is 7.72. The maximum atomic E-state index is 11.7. The van der Waals surface area contributed by atoms with Gasteiger partial charge in [0, 0.05) is 19.7 Å². The van der Waals surface area contributed by atoms with Gasteiger partial charge in [0.1, 0.15) is 24.6 Å². The first-order valence-corrected chi connectivity index (χ1v) is 4.82. The highest BCUT2D eigenvalue weighted by atomic mass is 19.3. The van der Waals surface area contributed by atoms with Crippen LogP contribution in [-0.4, -0.2) is 43.2 Å². The number of hydrogen-bond donors (Lipinski definition) is 2. The minimum absolute atomic E-state index is 0.212. The summed E-state index contributed by atoms with van der Waals surface area (Å²) < 4.78 is 28.1. The molecule has 0 aromatic carbocycles. The molecule has 1 rings (SSSR count). The summed E-state index contributed by atoms with van der Waals surface area (Å²) in [6, 6.07) is 1.72. The average Bonchev–Trinajstić information content (AvgIpc) is 2.28. The van der Waals surface area contributed by atoms with Crippen LogP contribution in [0.15, 0.2) is 12.4 Å². The van der Waals surface area contributed by atoms with E-state index >= 15 is 0 Å². The van der Waals surface area contributed by atoms with Gasteiger partial charge in [-0.3, -0.25) is 0 Å². The van der Waals surface area contributed by atoms with Crippen molar-refractivity contribution in [2.24, 2.45) is 0 Å². The van der Waals surface area contributed by atoms with Crippen LogP contribution in [0.1, 0.15) is 0 Å². The minimum Gasteiger partial charge on any atom is -0.374 e. The van der Waals surface area contributed by atoms with Gasteiger partial charge in [-0.15, -0.1) is 0 Å². The summed E-state index contributed by atoms with van der Waals surface area (Å²) in [4.78, 5) is 7.89. The highest BCUT2D eigenvalue weighted by Gasteiger charge is 2.01. The SMILES string of the molecule is CNc1cc(NCCOCC(F)F)ncn1. The van der Waals surface area contributed by atoms with E-state index in [1.807, 2.05) is 0 Å². The van der Waals surface area contributed by atoms with E-state index in [1.54, 1.807) is 13.1 Å². The molecular weight excluding hydrogens is 218 g/mol. The van der Waals surface area contributed by atoms with Crippen molar-refractivity contribution in [2.75, 3.05) is 37.4 Å². The zero-order valence-corrected chi connectivity index (χ0v) is 8.91. The highest BCUT2D eigenvalue weighted by molar-refractivity contribution is 5.45. The van der Waals surface area contributed by atoms with Gasteiger partial charge in [0.25, 0.3) is 6.43 Å². The van der Waals surface area contributed by atoms with Gasteiger partial charge in [0.15, 0.2) is 0 Å².